The summed E-state index contributed by atoms with van der Waals surface area (Å²) in [5, 5.41) is 13.2. The number of para-hydroxylation sites is 1. The molecular weight excluding hydrogens is 264 g/mol. The van der Waals surface area contributed by atoms with Gasteiger partial charge in [-0.1, -0.05) is 12.1 Å². The Morgan fingerprint density at radius 2 is 2.10 bits per heavy atom. The molecule has 0 fully saturated rings. The van der Waals surface area contributed by atoms with E-state index in [-0.39, 0.29) is 18.7 Å². The number of methoxy groups -OCH3 is 1. The van der Waals surface area contributed by atoms with Gasteiger partial charge in [-0.15, -0.1) is 0 Å². The van der Waals surface area contributed by atoms with Crippen molar-refractivity contribution in [2.45, 2.75) is 6.42 Å². The van der Waals surface area contributed by atoms with Gasteiger partial charge >= 0.3 is 5.97 Å². The molecule has 0 radical (unpaired) electrons. The van der Waals surface area contributed by atoms with Crippen LogP contribution in [0.1, 0.15) is 12.0 Å². The number of hydrogen-bond acceptors (Lipinski definition) is 5. The van der Waals surface area contributed by atoms with Crippen LogP contribution in [0.4, 0.5) is 5.69 Å². The van der Waals surface area contributed by atoms with E-state index in [1.54, 1.807) is 12.1 Å². The molecule has 0 aliphatic carbocycles. The summed E-state index contributed by atoms with van der Waals surface area (Å²) in [7, 11) is 1.26. The summed E-state index contributed by atoms with van der Waals surface area (Å²) in [4.78, 5) is 32.5. The normalized spacial score (nSPS) is 10.2. The summed E-state index contributed by atoms with van der Waals surface area (Å²) in [6.45, 7) is 0.146. The lowest BCUT2D eigenvalue weighted by Crippen LogP contribution is -2.24. The number of hydrogen-bond donors (Lipinski definition) is 1. The zero-order valence-corrected chi connectivity index (χ0v) is 10.9. The average molecular weight is 278 g/mol. The van der Waals surface area contributed by atoms with E-state index in [4.69, 9.17) is 0 Å². The van der Waals surface area contributed by atoms with E-state index >= 15 is 0 Å². The first kappa shape index (κ1) is 15.4. The molecule has 20 heavy (non-hydrogen) atoms. The van der Waals surface area contributed by atoms with Crippen molar-refractivity contribution in [1.82, 2.24) is 5.32 Å². The fourth-order valence-corrected chi connectivity index (χ4v) is 1.41. The smallest absolute Gasteiger partial charge is 0.307 e. The van der Waals surface area contributed by atoms with Crippen LogP contribution in [0, 0.1) is 10.1 Å². The molecular formula is C13H14N2O5. The molecule has 0 saturated heterocycles. The van der Waals surface area contributed by atoms with Crippen molar-refractivity contribution >= 4 is 23.6 Å². The number of nitrogens with one attached hydrogen (secondary N) is 1. The molecule has 1 amide bonds. The number of nitro groups is 1. The summed E-state index contributed by atoms with van der Waals surface area (Å²) in [6.07, 6.45) is 2.60. The third-order valence-electron chi connectivity index (χ3n) is 2.40. The van der Waals surface area contributed by atoms with Crippen molar-refractivity contribution in [1.29, 1.82) is 0 Å². The van der Waals surface area contributed by atoms with Crippen molar-refractivity contribution in [3.63, 3.8) is 0 Å². The van der Waals surface area contributed by atoms with Crippen molar-refractivity contribution in [3.05, 3.63) is 46.0 Å². The number of amides is 1. The van der Waals surface area contributed by atoms with Gasteiger partial charge in [-0.2, -0.15) is 0 Å². The van der Waals surface area contributed by atoms with Gasteiger partial charge in [0.15, 0.2) is 0 Å². The first-order valence-electron chi connectivity index (χ1n) is 5.80. The van der Waals surface area contributed by atoms with Gasteiger partial charge in [0.1, 0.15) is 0 Å². The average Bonchev–Trinajstić information content (AvgIpc) is 2.45. The minimum absolute atomic E-state index is 0.0710. The molecule has 0 aliphatic heterocycles. The number of carbonyl (C=O) groups is 2. The van der Waals surface area contributed by atoms with Crippen LogP contribution in [-0.2, 0) is 14.3 Å². The number of benzene rings is 1. The van der Waals surface area contributed by atoms with E-state index in [0.29, 0.717) is 5.56 Å². The van der Waals surface area contributed by atoms with Crippen molar-refractivity contribution in [2.24, 2.45) is 0 Å². The molecule has 7 heteroatoms. The third-order valence-corrected chi connectivity index (χ3v) is 2.40. The molecule has 106 valence electrons. The predicted molar refractivity (Wildman–Crippen MR) is 71.8 cm³/mol. The quantitative estimate of drug-likeness (QED) is 0.366. The maximum atomic E-state index is 11.4. The predicted octanol–water partition coefficient (Wildman–Crippen LogP) is 1.29. The molecule has 0 aliphatic rings. The van der Waals surface area contributed by atoms with Crippen LogP contribution in [0.15, 0.2) is 30.3 Å². The summed E-state index contributed by atoms with van der Waals surface area (Å²) < 4.78 is 4.42. The number of ether oxygens (including phenoxy) is 1. The van der Waals surface area contributed by atoms with Gasteiger partial charge in [0.05, 0.1) is 24.0 Å². The SMILES string of the molecule is COC(=O)CCNC(=O)C=Cc1ccccc1[N+](=O)[O-]. The van der Waals surface area contributed by atoms with Gasteiger partial charge in [-0.25, -0.2) is 0 Å². The summed E-state index contributed by atoms with van der Waals surface area (Å²) in [5.41, 5.74) is 0.256. The van der Waals surface area contributed by atoms with Crippen LogP contribution in [0.25, 0.3) is 6.08 Å². The standard InChI is InChI=1S/C13H14N2O5/c1-20-13(17)8-9-14-12(16)7-6-10-4-2-3-5-11(10)15(18)19/h2-7H,8-9H2,1H3,(H,14,16). The van der Waals surface area contributed by atoms with Crippen LogP contribution in [0.3, 0.4) is 0 Å². The van der Waals surface area contributed by atoms with Crippen LogP contribution in [-0.4, -0.2) is 30.5 Å². The molecule has 0 heterocycles. The largest absolute Gasteiger partial charge is 0.469 e. The Labute approximate surface area is 115 Å². The maximum Gasteiger partial charge on any atom is 0.307 e. The molecule has 0 atom stereocenters. The van der Waals surface area contributed by atoms with Gasteiger partial charge in [0.2, 0.25) is 5.91 Å². The Morgan fingerprint density at radius 3 is 2.75 bits per heavy atom. The third kappa shape index (κ3) is 4.89. The number of rotatable bonds is 6. The minimum atomic E-state index is -0.519. The lowest BCUT2D eigenvalue weighted by molar-refractivity contribution is -0.385. The highest BCUT2D eigenvalue weighted by molar-refractivity contribution is 5.92. The van der Waals surface area contributed by atoms with E-state index in [1.165, 1.54) is 31.4 Å². The Hall–Kier alpha value is -2.70. The molecule has 1 rings (SSSR count). The van der Waals surface area contributed by atoms with E-state index < -0.39 is 16.8 Å². The lowest BCUT2D eigenvalue weighted by atomic mass is 10.1. The van der Waals surface area contributed by atoms with Gasteiger partial charge in [0.25, 0.3) is 5.69 Å². The highest BCUT2D eigenvalue weighted by Crippen LogP contribution is 2.18. The molecule has 7 nitrogen and oxygen atoms in total. The Morgan fingerprint density at radius 1 is 1.40 bits per heavy atom. The van der Waals surface area contributed by atoms with Crippen molar-refractivity contribution in [2.75, 3.05) is 13.7 Å². The Balaban J connectivity index is 2.57. The number of nitrogens with zero attached hydrogens (tertiary/aromatic N) is 1. The van der Waals surface area contributed by atoms with E-state index in [2.05, 4.69) is 10.1 Å². The fraction of sp³-hybridized carbons (Fsp3) is 0.231. The van der Waals surface area contributed by atoms with E-state index in [0.717, 1.165) is 0 Å². The van der Waals surface area contributed by atoms with E-state index in [9.17, 15) is 19.7 Å². The van der Waals surface area contributed by atoms with E-state index in [1.807, 2.05) is 0 Å². The topological polar surface area (TPSA) is 98.5 Å². The first-order valence-corrected chi connectivity index (χ1v) is 5.80. The zero-order chi connectivity index (χ0) is 15.0. The molecule has 0 unspecified atom stereocenters. The first-order chi connectivity index (χ1) is 9.54. The fourth-order valence-electron chi connectivity index (χ4n) is 1.41. The molecule has 1 aromatic carbocycles. The van der Waals surface area contributed by atoms with Crippen LogP contribution >= 0.6 is 0 Å². The molecule has 0 saturated carbocycles. The summed E-state index contributed by atoms with van der Waals surface area (Å²) in [6, 6.07) is 6.08. The number of carbonyl (C=O) groups excluding carboxylic acids is 2. The molecule has 1 N–H and O–H groups in total. The van der Waals surface area contributed by atoms with Crippen LogP contribution in [0.5, 0.6) is 0 Å². The van der Waals surface area contributed by atoms with Gasteiger partial charge in [0, 0.05) is 18.7 Å². The molecule has 0 spiro atoms. The number of nitro benzene ring substituents is 1. The maximum absolute atomic E-state index is 11.4. The molecule has 0 aromatic heterocycles. The van der Waals surface area contributed by atoms with Crippen LogP contribution < -0.4 is 5.32 Å². The van der Waals surface area contributed by atoms with Gasteiger partial charge in [-0.05, 0) is 12.1 Å². The Kier molecular flexibility index (Phi) is 5.89. The second-order valence-electron chi connectivity index (χ2n) is 3.77. The van der Waals surface area contributed by atoms with Crippen LogP contribution in [0.2, 0.25) is 0 Å². The monoisotopic (exact) mass is 278 g/mol. The minimum Gasteiger partial charge on any atom is -0.469 e. The number of esters is 1. The van der Waals surface area contributed by atoms with Gasteiger partial charge in [-0.3, -0.25) is 19.7 Å². The van der Waals surface area contributed by atoms with Crippen molar-refractivity contribution < 1.29 is 19.2 Å². The lowest BCUT2D eigenvalue weighted by Gasteiger charge is -2.01. The molecule has 1 aromatic rings. The zero-order valence-electron chi connectivity index (χ0n) is 10.9. The second kappa shape index (κ2) is 7.67. The summed E-state index contributed by atoms with van der Waals surface area (Å²) in [5.74, 6) is -0.861. The van der Waals surface area contributed by atoms with Gasteiger partial charge < -0.3 is 10.1 Å². The second-order valence-corrected chi connectivity index (χ2v) is 3.77. The van der Waals surface area contributed by atoms with Crippen molar-refractivity contribution in [3.8, 4) is 0 Å². The highest BCUT2D eigenvalue weighted by atomic mass is 16.6. The summed E-state index contributed by atoms with van der Waals surface area (Å²) >= 11 is 0. The highest BCUT2D eigenvalue weighted by Gasteiger charge is 2.09. The Bertz CT molecular complexity index is 539. The molecule has 0 bridgehead atoms.